The van der Waals surface area contributed by atoms with Gasteiger partial charge >= 0.3 is 5.97 Å². The van der Waals surface area contributed by atoms with Gasteiger partial charge in [0.2, 0.25) is 0 Å². The third-order valence-corrected chi connectivity index (χ3v) is 4.77. The third-order valence-electron chi connectivity index (χ3n) is 4.77. The minimum Gasteiger partial charge on any atom is -0.480 e. The Morgan fingerprint density at radius 1 is 1.36 bits per heavy atom. The van der Waals surface area contributed by atoms with Crippen molar-refractivity contribution in [1.29, 1.82) is 0 Å². The lowest BCUT2D eigenvalue weighted by Crippen LogP contribution is -2.44. The molecule has 1 aliphatic rings. The number of nitrogens with one attached hydrogen (secondary N) is 2. The Hall–Kier alpha value is -2.29. The van der Waals surface area contributed by atoms with Gasteiger partial charge in [-0.1, -0.05) is 33.1 Å². The maximum Gasteiger partial charge on any atom is 0.320 e. The first-order valence-electron chi connectivity index (χ1n) is 8.83. The average molecular weight is 347 g/mol. The van der Waals surface area contributed by atoms with Gasteiger partial charge in [-0.25, -0.2) is 9.67 Å². The fourth-order valence-corrected chi connectivity index (χ4v) is 3.42. The van der Waals surface area contributed by atoms with Gasteiger partial charge in [0, 0.05) is 12.4 Å². The summed E-state index contributed by atoms with van der Waals surface area (Å²) in [6.07, 6.45) is 8.99. The lowest BCUT2D eigenvalue weighted by Gasteiger charge is -2.27. The SMILES string of the molecule is CC(C)[C@H](NC(c1ncc[nH]1)c1nnnn1C1CCCCC1)C(=O)O. The summed E-state index contributed by atoms with van der Waals surface area (Å²) < 4.78 is 1.85. The Bertz CT molecular complexity index is 676. The second-order valence-corrected chi connectivity index (χ2v) is 6.91. The van der Waals surface area contributed by atoms with Gasteiger partial charge in [-0.15, -0.1) is 5.10 Å². The normalized spacial score (nSPS) is 18.4. The third kappa shape index (κ3) is 3.87. The number of aliphatic carboxylic acids is 1. The minimum absolute atomic E-state index is 0.0889. The molecule has 2 aromatic heterocycles. The van der Waals surface area contributed by atoms with Crippen LogP contribution in [0.5, 0.6) is 0 Å². The summed E-state index contributed by atoms with van der Waals surface area (Å²) in [5, 5.41) is 25.0. The van der Waals surface area contributed by atoms with E-state index in [1.807, 2.05) is 18.5 Å². The number of imidazole rings is 1. The number of H-pyrrole nitrogens is 1. The highest BCUT2D eigenvalue weighted by Gasteiger charge is 2.32. The first kappa shape index (κ1) is 17.5. The maximum absolute atomic E-state index is 11.7. The number of hydrogen-bond donors (Lipinski definition) is 3. The molecule has 1 saturated carbocycles. The number of tetrazole rings is 1. The number of carboxylic acids is 1. The number of aromatic nitrogens is 6. The zero-order valence-corrected chi connectivity index (χ0v) is 14.6. The molecule has 0 aromatic carbocycles. The molecular formula is C16H25N7O2. The van der Waals surface area contributed by atoms with E-state index in [1.54, 1.807) is 12.4 Å². The van der Waals surface area contributed by atoms with Crippen LogP contribution in [0.4, 0.5) is 0 Å². The molecule has 9 nitrogen and oxygen atoms in total. The molecule has 0 saturated heterocycles. The topological polar surface area (TPSA) is 122 Å². The Labute approximate surface area is 146 Å². The van der Waals surface area contributed by atoms with Crippen molar-refractivity contribution in [2.75, 3.05) is 0 Å². The highest BCUT2D eigenvalue weighted by Crippen LogP contribution is 2.30. The van der Waals surface area contributed by atoms with Crippen molar-refractivity contribution in [1.82, 2.24) is 35.5 Å². The van der Waals surface area contributed by atoms with Crippen LogP contribution in [0.1, 0.15) is 69.7 Å². The van der Waals surface area contributed by atoms with Gasteiger partial charge < -0.3 is 10.1 Å². The van der Waals surface area contributed by atoms with Gasteiger partial charge in [0.25, 0.3) is 0 Å². The van der Waals surface area contributed by atoms with E-state index in [0.29, 0.717) is 11.6 Å². The zero-order chi connectivity index (χ0) is 17.8. The summed E-state index contributed by atoms with van der Waals surface area (Å²) in [6.45, 7) is 3.74. The molecule has 0 bridgehead atoms. The second-order valence-electron chi connectivity index (χ2n) is 6.91. The quantitative estimate of drug-likeness (QED) is 0.696. The van der Waals surface area contributed by atoms with Gasteiger partial charge in [0.1, 0.15) is 17.9 Å². The molecule has 0 radical (unpaired) electrons. The number of rotatable bonds is 7. The van der Waals surface area contributed by atoms with E-state index in [0.717, 1.165) is 25.7 Å². The molecule has 25 heavy (non-hydrogen) atoms. The monoisotopic (exact) mass is 347 g/mol. The van der Waals surface area contributed by atoms with Crippen LogP contribution in [-0.4, -0.2) is 47.3 Å². The van der Waals surface area contributed by atoms with E-state index < -0.39 is 18.1 Å². The van der Waals surface area contributed by atoms with Crippen LogP contribution in [0.3, 0.4) is 0 Å². The van der Waals surface area contributed by atoms with Crippen molar-refractivity contribution >= 4 is 5.97 Å². The van der Waals surface area contributed by atoms with Crippen molar-refractivity contribution in [3.63, 3.8) is 0 Å². The molecule has 3 N–H and O–H groups in total. The maximum atomic E-state index is 11.7. The molecular weight excluding hydrogens is 322 g/mol. The number of nitrogens with zero attached hydrogens (tertiary/aromatic N) is 5. The summed E-state index contributed by atoms with van der Waals surface area (Å²) in [5.41, 5.74) is 0. The van der Waals surface area contributed by atoms with Gasteiger partial charge in [-0.2, -0.15) is 0 Å². The van der Waals surface area contributed by atoms with Crippen molar-refractivity contribution in [3.05, 3.63) is 24.0 Å². The van der Waals surface area contributed by atoms with Crippen LogP contribution >= 0.6 is 0 Å². The molecule has 0 spiro atoms. The van der Waals surface area contributed by atoms with E-state index in [9.17, 15) is 9.90 Å². The van der Waals surface area contributed by atoms with Crippen molar-refractivity contribution in [2.45, 2.75) is 64.1 Å². The van der Waals surface area contributed by atoms with Crippen molar-refractivity contribution in [2.24, 2.45) is 5.92 Å². The molecule has 0 aliphatic heterocycles. The van der Waals surface area contributed by atoms with Gasteiger partial charge in [-0.05, 0) is 29.2 Å². The van der Waals surface area contributed by atoms with E-state index in [1.165, 1.54) is 6.42 Å². The van der Waals surface area contributed by atoms with Crippen molar-refractivity contribution in [3.8, 4) is 0 Å². The highest BCUT2D eigenvalue weighted by atomic mass is 16.4. The minimum atomic E-state index is -0.900. The van der Waals surface area contributed by atoms with E-state index in [2.05, 4.69) is 30.8 Å². The number of carbonyl (C=O) groups is 1. The van der Waals surface area contributed by atoms with Crippen LogP contribution in [0.15, 0.2) is 12.4 Å². The van der Waals surface area contributed by atoms with Gasteiger partial charge in [0.05, 0.1) is 6.04 Å². The Balaban J connectivity index is 1.93. The molecule has 0 amide bonds. The largest absolute Gasteiger partial charge is 0.480 e. The molecule has 2 aromatic rings. The van der Waals surface area contributed by atoms with Gasteiger partial charge in [0.15, 0.2) is 5.82 Å². The Kier molecular flexibility index (Phi) is 5.42. The molecule has 3 rings (SSSR count). The molecule has 1 unspecified atom stereocenters. The zero-order valence-electron chi connectivity index (χ0n) is 14.6. The van der Waals surface area contributed by atoms with Crippen LogP contribution in [0, 0.1) is 5.92 Å². The predicted octanol–water partition coefficient (Wildman–Crippen LogP) is 1.69. The summed E-state index contributed by atoms with van der Waals surface area (Å²) in [6, 6.07) is -0.984. The number of hydrogen-bond acceptors (Lipinski definition) is 6. The molecule has 136 valence electrons. The van der Waals surface area contributed by atoms with E-state index >= 15 is 0 Å². The first-order valence-corrected chi connectivity index (χ1v) is 8.83. The lowest BCUT2D eigenvalue weighted by atomic mass is 9.95. The smallest absolute Gasteiger partial charge is 0.320 e. The summed E-state index contributed by atoms with van der Waals surface area (Å²) >= 11 is 0. The lowest BCUT2D eigenvalue weighted by molar-refractivity contribution is -0.140. The van der Waals surface area contributed by atoms with E-state index in [-0.39, 0.29) is 12.0 Å². The van der Waals surface area contributed by atoms with Crippen LogP contribution in [0.2, 0.25) is 0 Å². The fraction of sp³-hybridized carbons (Fsp3) is 0.688. The second kappa shape index (κ2) is 7.73. The Morgan fingerprint density at radius 3 is 2.72 bits per heavy atom. The first-order chi connectivity index (χ1) is 12.1. The van der Waals surface area contributed by atoms with Gasteiger partial charge in [-0.3, -0.25) is 10.1 Å². The standard InChI is InChI=1S/C16H25N7O2/c1-10(2)12(16(24)25)19-13(14-17-8-9-18-14)15-20-21-22-23(15)11-6-4-3-5-7-11/h8-13,19H,3-7H2,1-2H3,(H,17,18)(H,24,25)/t12-,13?/m0/s1. The van der Waals surface area contributed by atoms with Crippen LogP contribution in [-0.2, 0) is 4.79 Å². The average Bonchev–Trinajstić information content (AvgIpc) is 3.27. The van der Waals surface area contributed by atoms with Crippen LogP contribution < -0.4 is 5.32 Å². The predicted molar refractivity (Wildman–Crippen MR) is 89.8 cm³/mol. The molecule has 1 fully saturated rings. The number of aromatic amines is 1. The molecule has 2 atom stereocenters. The molecule has 2 heterocycles. The number of carboxylic acid groups (broad SMARTS) is 1. The molecule has 1 aliphatic carbocycles. The molecule has 9 heteroatoms. The Morgan fingerprint density at radius 2 is 2.12 bits per heavy atom. The summed E-state index contributed by atoms with van der Waals surface area (Å²) in [5.74, 6) is 0.227. The fourth-order valence-electron chi connectivity index (χ4n) is 3.42. The van der Waals surface area contributed by atoms with Crippen molar-refractivity contribution < 1.29 is 9.90 Å². The summed E-state index contributed by atoms with van der Waals surface area (Å²) in [4.78, 5) is 19.0. The summed E-state index contributed by atoms with van der Waals surface area (Å²) in [7, 11) is 0. The van der Waals surface area contributed by atoms with E-state index in [4.69, 9.17) is 0 Å². The van der Waals surface area contributed by atoms with Crippen LogP contribution in [0.25, 0.3) is 0 Å². The highest BCUT2D eigenvalue weighted by molar-refractivity contribution is 5.73.